The lowest BCUT2D eigenvalue weighted by molar-refractivity contribution is -0.152. The van der Waals surface area contributed by atoms with Gasteiger partial charge in [-0.25, -0.2) is 5.43 Å². The van der Waals surface area contributed by atoms with Crippen LogP contribution >= 0.6 is 0 Å². The van der Waals surface area contributed by atoms with Crippen molar-refractivity contribution in [2.45, 2.75) is 44.2 Å². The van der Waals surface area contributed by atoms with E-state index in [-0.39, 0.29) is 37.1 Å². The maximum absolute atomic E-state index is 13.0. The van der Waals surface area contributed by atoms with E-state index in [4.69, 9.17) is 4.74 Å². The third-order valence-electron chi connectivity index (χ3n) is 5.98. The first-order valence-electron chi connectivity index (χ1n) is 9.30. The minimum atomic E-state index is -1.07. The molecule has 0 bridgehead atoms. The summed E-state index contributed by atoms with van der Waals surface area (Å²) >= 11 is 0. The summed E-state index contributed by atoms with van der Waals surface area (Å²) in [7, 11) is 0. The van der Waals surface area contributed by atoms with Crippen LogP contribution in [-0.2, 0) is 9.59 Å². The van der Waals surface area contributed by atoms with Crippen molar-refractivity contribution in [2.24, 2.45) is 5.41 Å². The van der Waals surface area contributed by atoms with Crippen LogP contribution in [0.1, 0.15) is 37.7 Å². The number of para-hydroxylation sites is 1. The van der Waals surface area contributed by atoms with E-state index in [1.54, 1.807) is 4.90 Å². The van der Waals surface area contributed by atoms with E-state index in [0.29, 0.717) is 6.54 Å². The van der Waals surface area contributed by atoms with Gasteiger partial charge in [-0.1, -0.05) is 31.5 Å². The summed E-state index contributed by atoms with van der Waals surface area (Å²) < 4.78 is 5.76. The van der Waals surface area contributed by atoms with Crippen LogP contribution in [-0.4, -0.2) is 53.7 Å². The highest BCUT2D eigenvalue weighted by Gasteiger charge is 2.58. The Bertz CT molecular complexity index is 724. The molecule has 2 saturated heterocycles. The maximum atomic E-state index is 13.0. The van der Waals surface area contributed by atoms with Crippen molar-refractivity contribution in [2.75, 3.05) is 19.7 Å². The number of aliphatic carboxylic acids is 1. The van der Waals surface area contributed by atoms with Crippen molar-refractivity contribution in [3.8, 4) is 5.75 Å². The minimum absolute atomic E-state index is 0.0244. The Kier molecular flexibility index (Phi) is 4.36. The first-order valence-corrected chi connectivity index (χ1v) is 9.30. The molecule has 140 valence electrons. The number of fused-ring (bicyclic) bond motifs is 3. The van der Waals surface area contributed by atoms with Crippen molar-refractivity contribution in [1.29, 1.82) is 0 Å². The summed E-state index contributed by atoms with van der Waals surface area (Å²) in [6.45, 7) is 2.83. The molecule has 0 aliphatic carbocycles. The summed E-state index contributed by atoms with van der Waals surface area (Å²) in [6, 6.07) is 7.54. The molecule has 0 spiro atoms. The fourth-order valence-corrected chi connectivity index (χ4v) is 4.55. The van der Waals surface area contributed by atoms with Gasteiger partial charge in [0.1, 0.15) is 23.8 Å². The molecule has 3 aliphatic heterocycles. The second-order valence-electron chi connectivity index (χ2n) is 7.62. The van der Waals surface area contributed by atoms with Crippen LogP contribution in [0.4, 0.5) is 0 Å². The van der Waals surface area contributed by atoms with Crippen molar-refractivity contribution in [3.63, 3.8) is 0 Å². The maximum Gasteiger partial charge on any atom is 0.315 e. The number of carbonyl (C=O) groups is 2. The van der Waals surface area contributed by atoms with Gasteiger partial charge in [-0.2, -0.15) is 0 Å². The number of carboxylic acid groups (broad SMARTS) is 1. The Morgan fingerprint density at radius 1 is 1.35 bits per heavy atom. The fraction of sp³-hybridized carbons (Fsp3) is 0.579. The Hall–Kier alpha value is -2.12. The lowest BCUT2D eigenvalue weighted by Crippen LogP contribution is -2.48. The Morgan fingerprint density at radius 3 is 2.92 bits per heavy atom. The van der Waals surface area contributed by atoms with Crippen LogP contribution in [0.3, 0.4) is 0 Å². The Morgan fingerprint density at radius 2 is 2.15 bits per heavy atom. The van der Waals surface area contributed by atoms with Crippen LogP contribution in [0, 0.1) is 5.41 Å². The van der Waals surface area contributed by atoms with Crippen LogP contribution in [0.5, 0.6) is 5.75 Å². The van der Waals surface area contributed by atoms with Crippen LogP contribution in [0.15, 0.2) is 24.3 Å². The molecule has 3 heterocycles. The molecule has 26 heavy (non-hydrogen) atoms. The predicted octanol–water partition coefficient (Wildman–Crippen LogP) is 1.11. The van der Waals surface area contributed by atoms with E-state index < -0.39 is 11.4 Å². The third kappa shape index (κ3) is 2.66. The zero-order valence-electron chi connectivity index (χ0n) is 14.9. The van der Waals surface area contributed by atoms with E-state index in [1.807, 2.05) is 24.3 Å². The number of hydrogen-bond donors (Lipinski definition) is 3. The fourth-order valence-electron chi connectivity index (χ4n) is 4.55. The molecule has 4 rings (SSSR count). The Labute approximate surface area is 152 Å². The van der Waals surface area contributed by atoms with Crippen molar-refractivity contribution in [3.05, 3.63) is 29.8 Å². The van der Waals surface area contributed by atoms with Gasteiger partial charge < -0.3 is 14.7 Å². The summed E-state index contributed by atoms with van der Waals surface area (Å²) in [5, 5.41) is 9.96. The number of nitrogens with one attached hydrogen (secondary N) is 2. The molecule has 2 fully saturated rings. The molecule has 0 saturated carbocycles. The average molecular weight is 359 g/mol. The van der Waals surface area contributed by atoms with Gasteiger partial charge in [0.15, 0.2) is 0 Å². The molecule has 0 aromatic heterocycles. The molecule has 1 aromatic carbocycles. The third-order valence-corrected chi connectivity index (χ3v) is 5.98. The van der Waals surface area contributed by atoms with Gasteiger partial charge >= 0.3 is 5.97 Å². The van der Waals surface area contributed by atoms with Gasteiger partial charge in [0.05, 0.1) is 0 Å². The van der Waals surface area contributed by atoms with E-state index in [1.165, 1.54) is 0 Å². The van der Waals surface area contributed by atoms with E-state index >= 15 is 0 Å². The molecule has 2 unspecified atom stereocenters. The summed E-state index contributed by atoms with van der Waals surface area (Å²) in [5.74, 6) is -0.431. The number of nitrogens with zero attached hydrogens (tertiary/aromatic N) is 1. The number of hydrazine groups is 1. The van der Waals surface area contributed by atoms with Gasteiger partial charge in [-0.3, -0.25) is 15.0 Å². The zero-order valence-corrected chi connectivity index (χ0v) is 14.9. The minimum Gasteiger partial charge on any atom is -0.492 e. The van der Waals surface area contributed by atoms with Crippen molar-refractivity contribution in [1.82, 2.24) is 15.8 Å². The normalized spacial score (nSPS) is 32.7. The molecule has 1 aromatic rings. The zero-order chi connectivity index (χ0) is 18.3. The standard InChI is InChI=1S/C19H25N3O4/c1-2-5-12-8-15(21-20-12)17(23)22-9-14-13-6-3-4-7-16(13)26-11-19(14,10-22)18(24)25/h3-4,6-7,12,14-15,20-21H,2,5,8-11H2,1H3,(H,24,25)/t12?,14-,15?,19-/m1/s1. The SMILES string of the molecule is CCCC1CC(C(=O)N2C[C@@H]3c4ccccc4OC[C@]3(C(=O)O)C2)NN1. The molecule has 3 aliphatic rings. The molecule has 1 amide bonds. The van der Waals surface area contributed by atoms with Crippen LogP contribution in [0.2, 0.25) is 0 Å². The lowest BCUT2D eigenvalue weighted by atomic mass is 9.73. The largest absolute Gasteiger partial charge is 0.492 e. The van der Waals surface area contributed by atoms with E-state index in [9.17, 15) is 14.7 Å². The Balaban J connectivity index is 1.56. The number of carboxylic acids is 1. The monoisotopic (exact) mass is 359 g/mol. The first kappa shape index (κ1) is 17.3. The average Bonchev–Trinajstić information content (AvgIpc) is 3.27. The number of benzene rings is 1. The number of likely N-dealkylation sites (tertiary alicyclic amines) is 1. The first-order chi connectivity index (χ1) is 12.5. The molecular weight excluding hydrogens is 334 g/mol. The van der Waals surface area contributed by atoms with E-state index in [2.05, 4.69) is 17.8 Å². The van der Waals surface area contributed by atoms with Gasteiger partial charge in [0, 0.05) is 30.6 Å². The van der Waals surface area contributed by atoms with E-state index in [0.717, 1.165) is 30.6 Å². The number of ether oxygens (including phenoxy) is 1. The molecular formula is C19H25N3O4. The van der Waals surface area contributed by atoms with Crippen molar-refractivity contribution >= 4 is 11.9 Å². The molecule has 7 nitrogen and oxygen atoms in total. The van der Waals surface area contributed by atoms with Crippen molar-refractivity contribution < 1.29 is 19.4 Å². The highest BCUT2D eigenvalue weighted by Crippen LogP contribution is 2.49. The topological polar surface area (TPSA) is 90.9 Å². The summed E-state index contributed by atoms with van der Waals surface area (Å²) in [6.07, 6.45) is 2.81. The van der Waals surface area contributed by atoms with Crippen LogP contribution < -0.4 is 15.6 Å². The van der Waals surface area contributed by atoms with Gasteiger partial charge in [-0.15, -0.1) is 0 Å². The smallest absolute Gasteiger partial charge is 0.315 e. The number of hydrogen-bond acceptors (Lipinski definition) is 5. The number of carbonyl (C=O) groups excluding carboxylic acids is 1. The number of rotatable bonds is 4. The lowest BCUT2D eigenvalue weighted by Gasteiger charge is -2.35. The summed E-state index contributed by atoms with van der Waals surface area (Å²) in [4.78, 5) is 26.9. The molecule has 0 radical (unpaired) electrons. The predicted molar refractivity (Wildman–Crippen MR) is 94.7 cm³/mol. The highest BCUT2D eigenvalue weighted by atomic mass is 16.5. The van der Waals surface area contributed by atoms with Gasteiger partial charge in [-0.05, 0) is 18.9 Å². The second-order valence-corrected chi connectivity index (χ2v) is 7.62. The quantitative estimate of drug-likeness (QED) is 0.746. The second kappa shape index (κ2) is 6.55. The van der Waals surface area contributed by atoms with Gasteiger partial charge in [0.2, 0.25) is 5.91 Å². The molecule has 3 N–H and O–H groups in total. The van der Waals surface area contributed by atoms with Crippen LogP contribution in [0.25, 0.3) is 0 Å². The highest BCUT2D eigenvalue weighted by molar-refractivity contribution is 5.86. The summed E-state index contributed by atoms with van der Waals surface area (Å²) in [5.41, 5.74) is 6.09. The molecule has 7 heteroatoms. The number of amides is 1. The van der Waals surface area contributed by atoms with Gasteiger partial charge in [0.25, 0.3) is 0 Å². The molecule has 4 atom stereocenters.